The van der Waals surface area contributed by atoms with E-state index in [1.165, 1.54) is 15.7 Å². The molecule has 1 unspecified atom stereocenters. The molecule has 0 radical (unpaired) electrons. The monoisotopic (exact) mass is 535 g/mol. The average Bonchev–Trinajstić information content (AvgIpc) is 3.37. The van der Waals surface area contributed by atoms with Gasteiger partial charge in [0.05, 0.1) is 25.2 Å². The zero-order chi connectivity index (χ0) is 27.6. The van der Waals surface area contributed by atoms with E-state index in [9.17, 15) is 9.59 Å². The maximum Gasteiger partial charge on any atom is 0.293 e. The molecule has 5 heterocycles. The largest absolute Gasteiger partial charge is 0.341 e. The second kappa shape index (κ2) is 10.7. The molecule has 0 saturated carbocycles. The van der Waals surface area contributed by atoms with Crippen LogP contribution in [0.15, 0.2) is 64.8 Å². The number of benzene rings is 1. The predicted octanol–water partition coefficient (Wildman–Crippen LogP) is 1.75. The number of anilines is 1. The lowest BCUT2D eigenvalue weighted by Gasteiger charge is -2.31. The lowest BCUT2D eigenvalue weighted by molar-refractivity contribution is 0.470. The summed E-state index contributed by atoms with van der Waals surface area (Å²) in [7, 11) is 0. The van der Waals surface area contributed by atoms with Crippen LogP contribution in [0, 0.1) is 11.8 Å². The van der Waals surface area contributed by atoms with Crippen molar-refractivity contribution in [3.63, 3.8) is 0 Å². The van der Waals surface area contributed by atoms with Gasteiger partial charge < -0.3 is 10.6 Å². The highest BCUT2D eigenvalue weighted by molar-refractivity contribution is 5.78. The first-order valence-electron chi connectivity index (χ1n) is 13.3. The van der Waals surface area contributed by atoms with Crippen molar-refractivity contribution < 1.29 is 0 Å². The summed E-state index contributed by atoms with van der Waals surface area (Å²) in [5.74, 6) is 6.52. The Morgan fingerprint density at radius 3 is 2.70 bits per heavy atom. The molecule has 4 aromatic heterocycles. The van der Waals surface area contributed by atoms with E-state index >= 15 is 0 Å². The summed E-state index contributed by atoms with van der Waals surface area (Å²) in [5, 5.41) is 0.891. The van der Waals surface area contributed by atoms with Crippen molar-refractivity contribution in [1.29, 1.82) is 0 Å². The maximum absolute atomic E-state index is 14.3. The van der Waals surface area contributed by atoms with Gasteiger partial charge in [0.25, 0.3) is 11.1 Å². The normalized spacial score (nSPS) is 15.3. The van der Waals surface area contributed by atoms with E-state index in [-0.39, 0.29) is 47.8 Å². The molecule has 0 bridgehead atoms. The molecule has 2 N–H and O–H groups in total. The molecule has 0 spiro atoms. The van der Waals surface area contributed by atoms with Crippen molar-refractivity contribution in [2.24, 2.45) is 5.73 Å². The van der Waals surface area contributed by atoms with Gasteiger partial charge in [0.2, 0.25) is 5.95 Å². The van der Waals surface area contributed by atoms with Crippen LogP contribution in [0.5, 0.6) is 0 Å². The van der Waals surface area contributed by atoms with Crippen LogP contribution >= 0.6 is 0 Å². The number of fused-ring (bicyclic) bond motifs is 2. The van der Waals surface area contributed by atoms with Gasteiger partial charge in [-0.1, -0.05) is 24.1 Å². The second-order valence-electron chi connectivity index (χ2n) is 9.97. The molecule has 0 amide bonds. The molecule has 1 aliphatic heterocycles. The molecular formula is C29H29N9O2. The highest BCUT2D eigenvalue weighted by Crippen LogP contribution is 2.22. The number of hydrogen-bond acceptors (Lipinski definition) is 8. The smallest absolute Gasteiger partial charge is 0.293 e. The van der Waals surface area contributed by atoms with Crippen LogP contribution in [0.25, 0.3) is 21.9 Å². The molecular weight excluding hydrogens is 506 g/mol. The van der Waals surface area contributed by atoms with Crippen LogP contribution in [-0.4, -0.2) is 53.0 Å². The SMILES string of the molecule is CC#CCn1c(N2CCCC(N)C2)nc2c(=O)n(Cc3cccnc3)n(Cc3ccc4cncnc4c3)c(=O)c21. The Hall–Kier alpha value is -4.82. The first-order valence-corrected chi connectivity index (χ1v) is 13.3. The first-order chi connectivity index (χ1) is 19.5. The fraction of sp³-hybridized carbons (Fsp3) is 0.310. The highest BCUT2D eigenvalue weighted by Gasteiger charge is 2.27. The summed E-state index contributed by atoms with van der Waals surface area (Å²) in [6.45, 7) is 3.66. The van der Waals surface area contributed by atoms with Gasteiger partial charge in [-0.25, -0.2) is 24.3 Å². The van der Waals surface area contributed by atoms with Crippen LogP contribution in [-0.2, 0) is 19.6 Å². The van der Waals surface area contributed by atoms with Gasteiger partial charge in [0.1, 0.15) is 11.8 Å². The van der Waals surface area contributed by atoms with Gasteiger partial charge in [0, 0.05) is 43.1 Å². The topological polar surface area (TPSA) is 130 Å². The molecule has 1 aliphatic rings. The third kappa shape index (κ3) is 4.74. The van der Waals surface area contributed by atoms with E-state index < -0.39 is 0 Å². The predicted molar refractivity (Wildman–Crippen MR) is 153 cm³/mol. The van der Waals surface area contributed by atoms with Crippen molar-refractivity contribution in [3.05, 3.63) is 87.1 Å². The number of aromatic nitrogens is 7. The minimum atomic E-state index is -0.354. The van der Waals surface area contributed by atoms with Crippen molar-refractivity contribution in [2.45, 2.75) is 45.4 Å². The first kappa shape index (κ1) is 25.5. The number of imidazole rings is 1. The van der Waals surface area contributed by atoms with Crippen LogP contribution in [0.2, 0.25) is 0 Å². The fourth-order valence-corrected chi connectivity index (χ4v) is 5.28. The lowest BCUT2D eigenvalue weighted by atomic mass is 10.1. The molecule has 1 fully saturated rings. The Kier molecular flexibility index (Phi) is 6.84. The van der Waals surface area contributed by atoms with Crippen molar-refractivity contribution in [3.8, 4) is 11.8 Å². The van der Waals surface area contributed by atoms with E-state index in [0.29, 0.717) is 12.5 Å². The molecule has 11 nitrogen and oxygen atoms in total. The zero-order valence-corrected chi connectivity index (χ0v) is 22.2. The van der Waals surface area contributed by atoms with E-state index in [2.05, 4.69) is 31.7 Å². The van der Waals surface area contributed by atoms with E-state index in [1.54, 1.807) is 36.1 Å². The zero-order valence-electron chi connectivity index (χ0n) is 22.2. The van der Waals surface area contributed by atoms with Gasteiger partial charge in [-0.3, -0.25) is 19.1 Å². The summed E-state index contributed by atoms with van der Waals surface area (Å²) >= 11 is 0. The fourth-order valence-electron chi connectivity index (χ4n) is 5.28. The number of pyridine rings is 1. The molecule has 1 atom stereocenters. The van der Waals surface area contributed by atoms with Gasteiger partial charge in [-0.2, -0.15) is 0 Å². The third-order valence-corrected chi connectivity index (χ3v) is 7.23. The van der Waals surface area contributed by atoms with Crippen LogP contribution in [0.4, 0.5) is 5.95 Å². The Morgan fingerprint density at radius 1 is 1.05 bits per heavy atom. The van der Waals surface area contributed by atoms with E-state index in [0.717, 1.165) is 41.4 Å². The van der Waals surface area contributed by atoms with E-state index in [1.807, 2.05) is 24.3 Å². The molecule has 40 heavy (non-hydrogen) atoms. The Balaban J connectivity index is 1.57. The lowest BCUT2D eigenvalue weighted by Crippen LogP contribution is -2.44. The van der Waals surface area contributed by atoms with Crippen molar-refractivity contribution in [2.75, 3.05) is 18.0 Å². The summed E-state index contributed by atoms with van der Waals surface area (Å²) in [6, 6.07) is 9.42. The van der Waals surface area contributed by atoms with E-state index in [4.69, 9.17) is 10.7 Å². The van der Waals surface area contributed by atoms with Crippen LogP contribution in [0.3, 0.4) is 0 Å². The summed E-state index contributed by atoms with van der Waals surface area (Å²) in [4.78, 5) is 47.9. The summed E-state index contributed by atoms with van der Waals surface area (Å²) < 4.78 is 4.72. The standard InChI is InChI=1S/C29H29N9O2/c1-2-3-12-36-26-25(34-29(36)35-11-5-7-23(30)18-35)27(39)37(17-21-6-4-10-31-14-21)38(28(26)40)16-20-8-9-22-15-32-19-33-24(22)13-20/h4,6,8-10,13-15,19,23H,5,7,11-12,16-18,30H2,1H3. The molecule has 1 aromatic carbocycles. The molecule has 5 aromatic rings. The molecule has 11 heteroatoms. The van der Waals surface area contributed by atoms with Gasteiger partial charge in [-0.05, 0) is 43.0 Å². The minimum absolute atomic E-state index is 0.00474. The number of piperidine rings is 1. The van der Waals surface area contributed by atoms with Crippen molar-refractivity contribution in [1.82, 2.24) is 33.9 Å². The second-order valence-corrected chi connectivity index (χ2v) is 9.97. The Labute approximate surface area is 229 Å². The van der Waals surface area contributed by atoms with Crippen LogP contribution < -0.4 is 21.8 Å². The maximum atomic E-state index is 14.3. The molecule has 6 rings (SSSR count). The number of nitrogens with zero attached hydrogens (tertiary/aromatic N) is 8. The Morgan fingerprint density at radius 2 is 1.90 bits per heavy atom. The summed E-state index contributed by atoms with van der Waals surface area (Å²) in [5.41, 5.74) is 8.35. The van der Waals surface area contributed by atoms with Crippen molar-refractivity contribution >= 4 is 27.9 Å². The average molecular weight is 536 g/mol. The molecule has 1 saturated heterocycles. The number of nitrogens with two attached hydrogens (primary N) is 1. The molecule has 0 aliphatic carbocycles. The van der Waals surface area contributed by atoms with Gasteiger partial charge in [0.15, 0.2) is 5.52 Å². The Bertz CT molecular complexity index is 1880. The summed E-state index contributed by atoms with van der Waals surface area (Å²) in [6.07, 6.45) is 8.42. The third-order valence-electron chi connectivity index (χ3n) is 7.23. The number of hydrogen-bond donors (Lipinski definition) is 1. The highest BCUT2D eigenvalue weighted by atomic mass is 16.2. The minimum Gasteiger partial charge on any atom is -0.341 e. The quantitative estimate of drug-likeness (QED) is 0.326. The van der Waals surface area contributed by atoms with Gasteiger partial charge in [-0.15, -0.1) is 5.92 Å². The van der Waals surface area contributed by atoms with Gasteiger partial charge >= 0.3 is 0 Å². The van der Waals surface area contributed by atoms with Crippen LogP contribution in [0.1, 0.15) is 30.9 Å². The molecule has 202 valence electrons. The number of rotatable bonds is 6.